The number of hydrogen-bond donors (Lipinski definition) is 1. The van der Waals surface area contributed by atoms with Crippen LogP contribution in [0.1, 0.15) is 12.5 Å². The second-order valence-electron chi connectivity index (χ2n) is 3.79. The molecule has 0 amide bonds. The molecule has 4 heteroatoms. The molecular formula is C11H15BrFNO. The maximum Gasteiger partial charge on any atom is 0.137 e. The van der Waals surface area contributed by atoms with Crippen molar-refractivity contribution in [2.45, 2.75) is 19.6 Å². The Morgan fingerprint density at radius 3 is 2.73 bits per heavy atom. The molecule has 1 aromatic rings. The normalized spacial score (nSPS) is 13.2. The summed E-state index contributed by atoms with van der Waals surface area (Å²) in [5.74, 6) is -0.253. The molecule has 0 aliphatic heterocycles. The van der Waals surface area contributed by atoms with Crippen LogP contribution in [-0.4, -0.2) is 29.7 Å². The molecule has 15 heavy (non-hydrogen) atoms. The Morgan fingerprint density at radius 1 is 1.53 bits per heavy atom. The maximum atomic E-state index is 12.9. The SMILES string of the molecule is CC(O)CN(C)Cc1ccc(F)c(Br)c1. The fraction of sp³-hybridized carbons (Fsp3) is 0.455. The predicted molar refractivity (Wildman–Crippen MR) is 62.1 cm³/mol. The second-order valence-corrected chi connectivity index (χ2v) is 4.65. The van der Waals surface area contributed by atoms with E-state index in [2.05, 4.69) is 15.9 Å². The Balaban J connectivity index is 2.60. The van der Waals surface area contributed by atoms with Gasteiger partial charge in [-0.25, -0.2) is 4.39 Å². The molecule has 0 saturated heterocycles. The summed E-state index contributed by atoms with van der Waals surface area (Å²) in [5, 5.41) is 9.19. The summed E-state index contributed by atoms with van der Waals surface area (Å²) in [5.41, 5.74) is 1.02. The minimum Gasteiger partial charge on any atom is -0.392 e. The van der Waals surface area contributed by atoms with E-state index in [0.717, 1.165) is 5.56 Å². The van der Waals surface area contributed by atoms with Crippen LogP contribution in [0.4, 0.5) is 4.39 Å². The lowest BCUT2D eigenvalue weighted by Crippen LogP contribution is -2.26. The van der Waals surface area contributed by atoms with Gasteiger partial charge in [-0.1, -0.05) is 6.07 Å². The number of benzene rings is 1. The lowest BCUT2D eigenvalue weighted by atomic mass is 10.2. The van der Waals surface area contributed by atoms with E-state index >= 15 is 0 Å². The largest absolute Gasteiger partial charge is 0.392 e. The van der Waals surface area contributed by atoms with Crippen LogP contribution in [0, 0.1) is 5.82 Å². The molecule has 0 radical (unpaired) electrons. The highest BCUT2D eigenvalue weighted by Crippen LogP contribution is 2.17. The van der Waals surface area contributed by atoms with Gasteiger partial charge in [0, 0.05) is 13.1 Å². The van der Waals surface area contributed by atoms with Crippen molar-refractivity contribution < 1.29 is 9.50 Å². The lowest BCUT2D eigenvalue weighted by Gasteiger charge is -2.18. The van der Waals surface area contributed by atoms with E-state index < -0.39 is 0 Å². The van der Waals surface area contributed by atoms with Gasteiger partial charge in [0.25, 0.3) is 0 Å². The van der Waals surface area contributed by atoms with Crippen LogP contribution >= 0.6 is 15.9 Å². The molecule has 1 rings (SSSR count). The van der Waals surface area contributed by atoms with Gasteiger partial charge in [-0.15, -0.1) is 0 Å². The van der Waals surface area contributed by atoms with E-state index in [1.54, 1.807) is 19.1 Å². The Morgan fingerprint density at radius 2 is 2.20 bits per heavy atom. The summed E-state index contributed by atoms with van der Waals surface area (Å²) in [4.78, 5) is 1.99. The number of likely N-dealkylation sites (N-methyl/N-ethyl adjacent to an activating group) is 1. The van der Waals surface area contributed by atoms with E-state index in [-0.39, 0.29) is 11.9 Å². The molecule has 0 saturated carbocycles. The number of rotatable bonds is 4. The van der Waals surface area contributed by atoms with Crippen molar-refractivity contribution in [3.63, 3.8) is 0 Å². The van der Waals surface area contributed by atoms with Crippen molar-refractivity contribution in [2.75, 3.05) is 13.6 Å². The van der Waals surface area contributed by atoms with E-state index in [1.807, 2.05) is 11.9 Å². The van der Waals surface area contributed by atoms with Gasteiger partial charge in [-0.05, 0) is 47.6 Å². The molecule has 1 aromatic carbocycles. The third-order valence-corrected chi connectivity index (χ3v) is 2.62. The molecule has 1 N–H and O–H groups in total. The Kier molecular flexibility index (Phi) is 4.70. The highest BCUT2D eigenvalue weighted by atomic mass is 79.9. The second kappa shape index (κ2) is 5.58. The van der Waals surface area contributed by atoms with Gasteiger partial charge >= 0.3 is 0 Å². The van der Waals surface area contributed by atoms with Gasteiger partial charge in [0.1, 0.15) is 5.82 Å². The summed E-state index contributed by atoms with van der Waals surface area (Å²) in [7, 11) is 1.92. The fourth-order valence-corrected chi connectivity index (χ4v) is 1.89. The zero-order chi connectivity index (χ0) is 11.4. The van der Waals surface area contributed by atoms with Crippen LogP contribution < -0.4 is 0 Å². The Bertz CT molecular complexity index is 330. The fourth-order valence-electron chi connectivity index (χ4n) is 1.47. The monoisotopic (exact) mass is 275 g/mol. The van der Waals surface area contributed by atoms with Crippen LogP contribution in [0.5, 0.6) is 0 Å². The molecule has 1 unspecified atom stereocenters. The summed E-state index contributed by atoms with van der Waals surface area (Å²) in [6.45, 7) is 3.05. The average Bonchev–Trinajstić information content (AvgIpc) is 2.10. The molecule has 2 nitrogen and oxygen atoms in total. The Hall–Kier alpha value is -0.450. The third-order valence-electron chi connectivity index (χ3n) is 2.01. The van der Waals surface area contributed by atoms with Crippen molar-refractivity contribution in [1.82, 2.24) is 4.90 Å². The zero-order valence-electron chi connectivity index (χ0n) is 8.87. The summed E-state index contributed by atoms with van der Waals surface area (Å²) in [6.07, 6.45) is -0.348. The van der Waals surface area contributed by atoms with Crippen molar-refractivity contribution in [3.05, 3.63) is 34.1 Å². The average molecular weight is 276 g/mol. The summed E-state index contributed by atoms with van der Waals surface area (Å²) < 4.78 is 13.4. The van der Waals surface area contributed by atoms with E-state index in [1.165, 1.54) is 6.07 Å². The molecule has 0 spiro atoms. The highest BCUT2D eigenvalue weighted by Gasteiger charge is 2.05. The number of aliphatic hydroxyl groups is 1. The first kappa shape index (κ1) is 12.6. The first-order valence-corrected chi connectivity index (χ1v) is 5.59. The quantitative estimate of drug-likeness (QED) is 0.912. The van der Waals surface area contributed by atoms with E-state index in [4.69, 9.17) is 0 Å². The third kappa shape index (κ3) is 4.28. The molecule has 0 aliphatic rings. The molecule has 0 aliphatic carbocycles. The van der Waals surface area contributed by atoms with Gasteiger partial charge < -0.3 is 5.11 Å². The zero-order valence-corrected chi connectivity index (χ0v) is 10.5. The molecule has 0 fully saturated rings. The minimum atomic E-state index is -0.348. The summed E-state index contributed by atoms with van der Waals surface area (Å²) in [6, 6.07) is 4.95. The van der Waals surface area contributed by atoms with Crippen molar-refractivity contribution in [1.29, 1.82) is 0 Å². The van der Waals surface area contributed by atoms with E-state index in [9.17, 15) is 9.50 Å². The van der Waals surface area contributed by atoms with Crippen LogP contribution in [0.15, 0.2) is 22.7 Å². The number of halogens is 2. The topological polar surface area (TPSA) is 23.5 Å². The van der Waals surface area contributed by atoms with Gasteiger partial charge in [0.15, 0.2) is 0 Å². The molecule has 0 bridgehead atoms. The van der Waals surface area contributed by atoms with Gasteiger partial charge in [0.2, 0.25) is 0 Å². The van der Waals surface area contributed by atoms with Crippen LogP contribution in [0.2, 0.25) is 0 Å². The standard InChI is InChI=1S/C11H15BrFNO/c1-8(15)6-14(2)7-9-3-4-11(13)10(12)5-9/h3-5,8,15H,6-7H2,1-2H3. The van der Waals surface area contributed by atoms with Crippen LogP contribution in [0.3, 0.4) is 0 Å². The van der Waals surface area contributed by atoms with Gasteiger partial charge in [-0.3, -0.25) is 4.90 Å². The first-order chi connectivity index (χ1) is 6.99. The molecule has 0 aromatic heterocycles. The number of nitrogens with zero attached hydrogens (tertiary/aromatic N) is 1. The first-order valence-electron chi connectivity index (χ1n) is 4.79. The highest BCUT2D eigenvalue weighted by molar-refractivity contribution is 9.10. The summed E-state index contributed by atoms with van der Waals surface area (Å²) >= 11 is 3.14. The maximum absolute atomic E-state index is 12.9. The smallest absolute Gasteiger partial charge is 0.137 e. The van der Waals surface area contributed by atoms with Gasteiger partial charge in [-0.2, -0.15) is 0 Å². The van der Waals surface area contributed by atoms with Crippen molar-refractivity contribution >= 4 is 15.9 Å². The Labute approximate surface area is 97.8 Å². The predicted octanol–water partition coefficient (Wildman–Crippen LogP) is 2.40. The number of hydrogen-bond acceptors (Lipinski definition) is 2. The minimum absolute atomic E-state index is 0.253. The number of aliphatic hydroxyl groups excluding tert-OH is 1. The molecule has 0 heterocycles. The van der Waals surface area contributed by atoms with E-state index in [0.29, 0.717) is 17.6 Å². The molecule has 1 atom stereocenters. The van der Waals surface area contributed by atoms with Crippen LogP contribution in [0.25, 0.3) is 0 Å². The molecular weight excluding hydrogens is 261 g/mol. The van der Waals surface area contributed by atoms with Gasteiger partial charge in [0.05, 0.1) is 10.6 Å². The lowest BCUT2D eigenvalue weighted by molar-refractivity contribution is 0.138. The van der Waals surface area contributed by atoms with Crippen molar-refractivity contribution in [3.8, 4) is 0 Å². The van der Waals surface area contributed by atoms with Crippen LogP contribution in [-0.2, 0) is 6.54 Å². The van der Waals surface area contributed by atoms with Crippen molar-refractivity contribution in [2.24, 2.45) is 0 Å². The molecule has 84 valence electrons.